The maximum atomic E-state index is 11.9. The SMILES string of the molecule is CCC(C)C(C(N)=O)/[N+]([O-])=C/c1ccccc1. The summed E-state index contributed by atoms with van der Waals surface area (Å²) >= 11 is 0. The molecule has 4 heteroatoms. The van der Waals surface area contributed by atoms with Gasteiger partial charge in [0.1, 0.15) is 0 Å². The smallest absolute Gasteiger partial charge is 0.287 e. The molecule has 1 aromatic rings. The Labute approximate surface area is 101 Å². The van der Waals surface area contributed by atoms with Crippen LogP contribution in [0.15, 0.2) is 30.3 Å². The number of amides is 1. The molecule has 0 aliphatic rings. The number of primary amides is 1. The summed E-state index contributed by atoms with van der Waals surface area (Å²) in [6, 6.07) is 8.34. The molecule has 2 unspecified atom stereocenters. The van der Waals surface area contributed by atoms with Crippen molar-refractivity contribution in [2.75, 3.05) is 0 Å². The molecule has 17 heavy (non-hydrogen) atoms. The lowest BCUT2D eigenvalue weighted by Crippen LogP contribution is -2.41. The second kappa shape index (κ2) is 6.03. The molecule has 0 bridgehead atoms. The summed E-state index contributed by atoms with van der Waals surface area (Å²) in [5, 5.41) is 11.9. The number of rotatable bonds is 5. The van der Waals surface area contributed by atoms with E-state index in [9.17, 15) is 10.0 Å². The van der Waals surface area contributed by atoms with E-state index in [4.69, 9.17) is 5.73 Å². The monoisotopic (exact) mass is 234 g/mol. The van der Waals surface area contributed by atoms with Crippen molar-refractivity contribution in [2.24, 2.45) is 11.7 Å². The molecule has 0 spiro atoms. The van der Waals surface area contributed by atoms with E-state index in [1.54, 1.807) is 12.1 Å². The highest BCUT2D eigenvalue weighted by atomic mass is 16.5. The van der Waals surface area contributed by atoms with Crippen molar-refractivity contribution in [2.45, 2.75) is 26.3 Å². The molecule has 2 N–H and O–H groups in total. The van der Waals surface area contributed by atoms with Crippen LogP contribution in [0.25, 0.3) is 0 Å². The van der Waals surface area contributed by atoms with Crippen molar-refractivity contribution in [3.05, 3.63) is 41.1 Å². The summed E-state index contributed by atoms with van der Waals surface area (Å²) in [5.41, 5.74) is 6.03. The van der Waals surface area contributed by atoms with E-state index in [2.05, 4.69) is 0 Å². The van der Waals surface area contributed by atoms with Gasteiger partial charge in [-0.15, -0.1) is 0 Å². The predicted molar refractivity (Wildman–Crippen MR) is 67.7 cm³/mol. The molecule has 2 atom stereocenters. The molecule has 0 aromatic heterocycles. The van der Waals surface area contributed by atoms with Crippen LogP contribution in [-0.2, 0) is 4.79 Å². The maximum absolute atomic E-state index is 11.9. The Balaban J connectivity index is 2.96. The molecule has 0 saturated heterocycles. The second-order valence-electron chi connectivity index (χ2n) is 4.13. The fourth-order valence-corrected chi connectivity index (χ4v) is 1.65. The van der Waals surface area contributed by atoms with Gasteiger partial charge < -0.3 is 10.9 Å². The number of hydrogen-bond donors (Lipinski definition) is 1. The van der Waals surface area contributed by atoms with Crippen molar-refractivity contribution in [1.82, 2.24) is 0 Å². The van der Waals surface area contributed by atoms with E-state index in [0.29, 0.717) is 4.74 Å². The van der Waals surface area contributed by atoms with Crippen LogP contribution in [0.5, 0.6) is 0 Å². The Morgan fingerprint density at radius 1 is 1.47 bits per heavy atom. The average Bonchev–Trinajstić information content (AvgIpc) is 2.29. The Morgan fingerprint density at radius 2 is 2.06 bits per heavy atom. The van der Waals surface area contributed by atoms with Gasteiger partial charge in [-0.3, -0.25) is 4.79 Å². The third kappa shape index (κ3) is 3.59. The van der Waals surface area contributed by atoms with E-state index in [1.807, 2.05) is 32.0 Å². The Morgan fingerprint density at radius 3 is 2.53 bits per heavy atom. The molecule has 1 amide bonds. The van der Waals surface area contributed by atoms with Gasteiger partial charge in [0, 0.05) is 11.5 Å². The summed E-state index contributed by atoms with van der Waals surface area (Å²) in [6.45, 7) is 3.77. The third-order valence-electron chi connectivity index (χ3n) is 2.82. The minimum absolute atomic E-state index is 0.0648. The Kier molecular flexibility index (Phi) is 4.69. The largest absolute Gasteiger partial charge is 0.623 e. The highest BCUT2D eigenvalue weighted by Crippen LogP contribution is 2.10. The van der Waals surface area contributed by atoms with Gasteiger partial charge in [-0.05, 0) is 18.6 Å². The number of benzene rings is 1. The average molecular weight is 234 g/mol. The summed E-state index contributed by atoms with van der Waals surface area (Å²) in [7, 11) is 0. The number of hydrogen-bond acceptors (Lipinski definition) is 2. The van der Waals surface area contributed by atoms with Gasteiger partial charge in [0.05, 0.1) is 0 Å². The van der Waals surface area contributed by atoms with Gasteiger partial charge >= 0.3 is 0 Å². The number of nitrogens with zero attached hydrogens (tertiary/aromatic N) is 1. The number of nitrogens with two attached hydrogens (primary N) is 1. The molecule has 1 aromatic carbocycles. The van der Waals surface area contributed by atoms with Crippen molar-refractivity contribution in [3.8, 4) is 0 Å². The van der Waals surface area contributed by atoms with Crippen LogP contribution in [0.3, 0.4) is 0 Å². The van der Waals surface area contributed by atoms with Gasteiger partial charge in [-0.1, -0.05) is 32.0 Å². The zero-order valence-electron chi connectivity index (χ0n) is 10.2. The zero-order valence-corrected chi connectivity index (χ0v) is 10.2. The van der Waals surface area contributed by atoms with Crippen LogP contribution >= 0.6 is 0 Å². The quantitative estimate of drug-likeness (QED) is 0.363. The van der Waals surface area contributed by atoms with Crippen LogP contribution < -0.4 is 5.73 Å². The molecular weight excluding hydrogens is 216 g/mol. The lowest BCUT2D eigenvalue weighted by Gasteiger charge is -2.18. The summed E-state index contributed by atoms with van der Waals surface area (Å²) in [5.74, 6) is -0.647. The number of hydroxylamine groups is 1. The van der Waals surface area contributed by atoms with Crippen LogP contribution in [0, 0.1) is 11.1 Å². The Hall–Kier alpha value is -1.84. The van der Waals surface area contributed by atoms with Gasteiger partial charge in [-0.25, -0.2) is 0 Å². The molecule has 0 heterocycles. The molecule has 0 radical (unpaired) electrons. The van der Waals surface area contributed by atoms with E-state index in [-0.39, 0.29) is 5.92 Å². The first-order valence-corrected chi connectivity index (χ1v) is 5.71. The lowest BCUT2D eigenvalue weighted by atomic mass is 9.99. The number of carbonyl (C=O) groups is 1. The van der Waals surface area contributed by atoms with Gasteiger partial charge in [0.15, 0.2) is 6.21 Å². The van der Waals surface area contributed by atoms with E-state index >= 15 is 0 Å². The van der Waals surface area contributed by atoms with Gasteiger partial charge in [0.25, 0.3) is 5.91 Å². The fraction of sp³-hybridized carbons (Fsp3) is 0.385. The van der Waals surface area contributed by atoms with Gasteiger partial charge in [-0.2, -0.15) is 4.74 Å². The Bertz CT molecular complexity index is 401. The van der Waals surface area contributed by atoms with Crippen molar-refractivity contribution < 1.29 is 9.53 Å². The van der Waals surface area contributed by atoms with E-state index in [1.165, 1.54) is 6.21 Å². The predicted octanol–water partition coefficient (Wildman–Crippen LogP) is 1.52. The molecule has 92 valence electrons. The normalized spacial score (nSPS) is 15.3. The zero-order chi connectivity index (χ0) is 12.8. The summed E-state index contributed by atoms with van der Waals surface area (Å²) in [4.78, 5) is 11.3. The van der Waals surface area contributed by atoms with Crippen LogP contribution in [-0.4, -0.2) is 22.9 Å². The molecule has 0 saturated carbocycles. The second-order valence-corrected chi connectivity index (χ2v) is 4.13. The molecule has 0 aliphatic carbocycles. The summed E-state index contributed by atoms with van der Waals surface area (Å²) < 4.78 is 0.659. The van der Waals surface area contributed by atoms with Crippen LogP contribution in [0.2, 0.25) is 0 Å². The lowest BCUT2D eigenvalue weighted by molar-refractivity contribution is -0.490. The first kappa shape index (κ1) is 13.2. The van der Waals surface area contributed by atoms with Crippen LogP contribution in [0.4, 0.5) is 0 Å². The summed E-state index contributed by atoms with van der Waals surface area (Å²) in [6.07, 6.45) is 2.14. The fourth-order valence-electron chi connectivity index (χ4n) is 1.65. The van der Waals surface area contributed by atoms with Crippen molar-refractivity contribution in [1.29, 1.82) is 0 Å². The maximum Gasteiger partial charge on any atom is 0.287 e. The van der Waals surface area contributed by atoms with Crippen LogP contribution in [0.1, 0.15) is 25.8 Å². The highest BCUT2D eigenvalue weighted by Gasteiger charge is 2.29. The minimum atomic E-state index is -0.805. The van der Waals surface area contributed by atoms with Gasteiger partial charge in [0.2, 0.25) is 6.04 Å². The first-order chi connectivity index (χ1) is 8.06. The highest BCUT2D eigenvalue weighted by molar-refractivity contribution is 5.81. The van der Waals surface area contributed by atoms with Crippen molar-refractivity contribution >= 4 is 12.1 Å². The third-order valence-corrected chi connectivity index (χ3v) is 2.82. The molecule has 4 nitrogen and oxygen atoms in total. The molecular formula is C13H18N2O2. The molecule has 1 rings (SSSR count). The minimum Gasteiger partial charge on any atom is -0.623 e. The van der Waals surface area contributed by atoms with Crippen molar-refractivity contribution in [3.63, 3.8) is 0 Å². The molecule has 0 aliphatic heterocycles. The number of carbonyl (C=O) groups excluding carboxylic acids is 1. The molecule has 0 fully saturated rings. The standard InChI is InChI=1S/C13H18N2O2/c1-3-10(2)12(13(14)16)15(17)9-11-7-5-4-6-8-11/h4-10,12H,3H2,1-2H3,(H2,14,16)/b15-9-. The topological polar surface area (TPSA) is 69.2 Å². The first-order valence-electron chi connectivity index (χ1n) is 5.71. The van der Waals surface area contributed by atoms with E-state index < -0.39 is 11.9 Å². The van der Waals surface area contributed by atoms with E-state index in [0.717, 1.165) is 12.0 Å².